The van der Waals surface area contributed by atoms with Gasteiger partial charge in [0.2, 0.25) is 11.1 Å². The van der Waals surface area contributed by atoms with Gasteiger partial charge in [-0.25, -0.2) is 0 Å². The van der Waals surface area contributed by atoms with E-state index in [4.69, 9.17) is 0 Å². The van der Waals surface area contributed by atoms with Crippen molar-refractivity contribution in [3.8, 4) is 5.69 Å². The molecule has 0 N–H and O–H groups in total. The third-order valence-electron chi connectivity index (χ3n) is 4.53. The van der Waals surface area contributed by atoms with Crippen LogP contribution < -0.4 is 0 Å². The summed E-state index contributed by atoms with van der Waals surface area (Å²) in [5.74, 6) is 0.462. The molecule has 1 heterocycles. The smallest absolute Gasteiger partial charge is 0.237 e. The molecule has 7 heteroatoms. The molecule has 1 amide bonds. The van der Waals surface area contributed by atoms with Crippen LogP contribution in [-0.2, 0) is 4.79 Å². The Hall–Kier alpha value is -2.15. The van der Waals surface area contributed by atoms with E-state index in [1.165, 1.54) is 17.5 Å². The molecule has 2 aromatic rings. The minimum atomic E-state index is 0.126. The van der Waals surface area contributed by atoms with Crippen LogP contribution in [0, 0.1) is 13.8 Å². The number of carbonyl (C=O) groups excluding carboxylic acids is 1. The molecule has 1 aromatic heterocycles. The van der Waals surface area contributed by atoms with Crippen molar-refractivity contribution in [1.29, 1.82) is 0 Å². The summed E-state index contributed by atoms with van der Waals surface area (Å²) in [7, 11) is 0. The van der Waals surface area contributed by atoms with E-state index < -0.39 is 0 Å². The zero-order chi connectivity index (χ0) is 18.5. The molecule has 0 unspecified atom stereocenters. The van der Waals surface area contributed by atoms with E-state index in [2.05, 4.69) is 28.5 Å². The van der Waals surface area contributed by atoms with Gasteiger partial charge in [0.25, 0.3) is 0 Å². The fraction of sp³-hybridized carbons (Fsp3) is 0.474. The van der Waals surface area contributed by atoms with Crippen molar-refractivity contribution >= 4 is 17.7 Å². The third kappa shape index (κ3) is 3.98. The minimum absolute atomic E-state index is 0.126. The second-order valence-electron chi connectivity index (χ2n) is 6.54. The van der Waals surface area contributed by atoms with Gasteiger partial charge in [-0.3, -0.25) is 4.79 Å². The average Bonchev–Trinajstić information content (AvgIpc) is 3.29. The van der Waals surface area contributed by atoms with E-state index in [1.807, 2.05) is 36.9 Å². The molecule has 26 heavy (non-hydrogen) atoms. The topological polar surface area (TPSA) is 63.9 Å². The summed E-state index contributed by atoms with van der Waals surface area (Å²) in [6.07, 6.45) is 6.35. The Labute approximate surface area is 158 Å². The highest BCUT2D eigenvalue weighted by molar-refractivity contribution is 7.99. The van der Waals surface area contributed by atoms with E-state index in [0.29, 0.717) is 10.9 Å². The fourth-order valence-electron chi connectivity index (χ4n) is 3.30. The molecule has 0 saturated heterocycles. The summed E-state index contributed by atoms with van der Waals surface area (Å²) in [5, 5.41) is 12.7. The number of tetrazole rings is 1. The maximum Gasteiger partial charge on any atom is 0.237 e. The van der Waals surface area contributed by atoms with Crippen LogP contribution in [-0.4, -0.2) is 43.3 Å². The standard InChI is InChI=1S/C19H25N5OS/c1-4-12-23(16-10-5-6-11-16)17(25)13-26-19-20-21-22-24(19)18-14(2)8-7-9-15(18)3/h7-10H,4-6,11-13H2,1-3H3. The van der Waals surface area contributed by atoms with Crippen molar-refractivity contribution in [3.05, 3.63) is 41.1 Å². The number of benzene rings is 1. The number of hydrogen-bond acceptors (Lipinski definition) is 5. The van der Waals surface area contributed by atoms with Crippen LogP contribution in [0.2, 0.25) is 0 Å². The van der Waals surface area contributed by atoms with Gasteiger partial charge in [-0.2, -0.15) is 4.68 Å². The van der Waals surface area contributed by atoms with E-state index in [9.17, 15) is 4.79 Å². The number of aryl methyl sites for hydroxylation is 2. The highest BCUT2D eigenvalue weighted by atomic mass is 32.2. The predicted molar refractivity (Wildman–Crippen MR) is 103 cm³/mol. The lowest BCUT2D eigenvalue weighted by molar-refractivity contribution is -0.126. The van der Waals surface area contributed by atoms with Crippen molar-refractivity contribution in [3.63, 3.8) is 0 Å². The highest BCUT2D eigenvalue weighted by Crippen LogP contribution is 2.26. The monoisotopic (exact) mass is 371 g/mol. The van der Waals surface area contributed by atoms with Gasteiger partial charge in [-0.05, 0) is 61.1 Å². The SMILES string of the molecule is CCCN(C(=O)CSc1nnnn1-c1c(C)cccc1C)C1=CCCC1. The van der Waals surface area contributed by atoms with Gasteiger partial charge in [0.05, 0.1) is 11.4 Å². The number of rotatable bonds is 7. The molecular weight excluding hydrogens is 346 g/mol. The van der Waals surface area contributed by atoms with E-state index in [-0.39, 0.29) is 5.91 Å². The first-order valence-corrected chi connectivity index (χ1v) is 10.1. The quantitative estimate of drug-likeness (QED) is 0.695. The molecule has 1 aliphatic carbocycles. The number of para-hydroxylation sites is 1. The maximum absolute atomic E-state index is 12.8. The van der Waals surface area contributed by atoms with Gasteiger partial charge in [0.1, 0.15) is 0 Å². The predicted octanol–water partition coefficient (Wildman–Crippen LogP) is 3.68. The van der Waals surface area contributed by atoms with Gasteiger partial charge in [-0.1, -0.05) is 43.0 Å². The lowest BCUT2D eigenvalue weighted by atomic mass is 10.1. The molecule has 0 saturated carbocycles. The van der Waals surface area contributed by atoms with Gasteiger partial charge < -0.3 is 4.90 Å². The van der Waals surface area contributed by atoms with E-state index in [0.717, 1.165) is 49.0 Å². The lowest BCUT2D eigenvalue weighted by Gasteiger charge is -2.23. The lowest BCUT2D eigenvalue weighted by Crippen LogP contribution is -2.32. The van der Waals surface area contributed by atoms with Crippen LogP contribution in [0.15, 0.2) is 35.1 Å². The molecule has 0 bridgehead atoms. The molecule has 1 aromatic carbocycles. The third-order valence-corrected chi connectivity index (χ3v) is 5.43. The first-order valence-electron chi connectivity index (χ1n) is 9.09. The van der Waals surface area contributed by atoms with Crippen LogP contribution in [0.5, 0.6) is 0 Å². The normalized spacial score (nSPS) is 13.7. The largest absolute Gasteiger partial charge is 0.316 e. The highest BCUT2D eigenvalue weighted by Gasteiger charge is 2.21. The number of carbonyl (C=O) groups is 1. The second kappa shape index (κ2) is 8.49. The van der Waals surface area contributed by atoms with Gasteiger partial charge in [0, 0.05) is 12.2 Å². The van der Waals surface area contributed by atoms with Crippen molar-refractivity contribution in [1.82, 2.24) is 25.1 Å². The molecule has 6 nitrogen and oxygen atoms in total. The first kappa shape index (κ1) is 18.6. The Kier molecular flexibility index (Phi) is 6.08. The maximum atomic E-state index is 12.8. The molecule has 0 aliphatic heterocycles. The molecule has 138 valence electrons. The zero-order valence-electron chi connectivity index (χ0n) is 15.6. The summed E-state index contributed by atoms with van der Waals surface area (Å²) in [4.78, 5) is 14.7. The molecular formula is C19H25N5OS. The van der Waals surface area contributed by atoms with E-state index >= 15 is 0 Å². The van der Waals surface area contributed by atoms with Crippen LogP contribution in [0.25, 0.3) is 5.69 Å². The molecule has 3 rings (SSSR count). The number of aromatic nitrogens is 4. The Morgan fingerprint density at radius 3 is 2.73 bits per heavy atom. The molecule has 0 fully saturated rings. The van der Waals surface area contributed by atoms with Gasteiger partial charge >= 0.3 is 0 Å². The molecule has 0 radical (unpaired) electrons. The van der Waals surface area contributed by atoms with Crippen LogP contribution >= 0.6 is 11.8 Å². The second-order valence-corrected chi connectivity index (χ2v) is 7.48. The van der Waals surface area contributed by atoms with Crippen molar-refractivity contribution in [2.45, 2.75) is 51.6 Å². The zero-order valence-corrected chi connectivity index (χ0v) is 16.4. The number of amides is 1. The molecule has 0 atom stereocenters. The van der Waals surface area contributed by atoms with Crippen molar-refractivity contribution in [2.24, 2.45) is 0 Å². The van der Waals surface area contributed by atoms with Gasteiger partial charge in [0.15, 0.2) is 0 Å². The van der Waals surface area contributed by atoms with Crippen LogP contribution in [0.4, 0.5) is 0 Å². The van der Waals surface area contributed by atoms with Crippen molar-refractivity contribution in [2.75, 3.05) is 12.3 Å². The average molecular weight is 372 g/mol. The Bertz CT molecular complexity index is 794. The Morgan fingerprint density at radius 1 is 1.31 bits per heavy atom. The molecule has 1 aliphatic rings. The summed E-state index contributed by atoms with van der Waals surface area (Å²) < 4.78 is 1.74. The fourth-order valence-corrected chi connectivity index (χ4v) is 4.06. The summed E-state index contributed by atoms with van der Waals surface area (Å²) in [5.41, 5.74) is 4.37. The van der Waals surface area contributed by atoms with Gasteiger partial charge in [-0.15, -0.1) is 5.10 Å². The van der Waals surface area contributed by atoms with Crippen LogP contribution in [0.3, 0.4) is 0 Å². The number of allylic oxidation sites excluding steroid dienone is 2. The molecule has 0 spiro atoms. The van der Waals surface area contributed by atoms with E-state index in [1.54, 1.807) is 4.68 Å². The summed E-state index contributed by atoms with van der Waals surface area (Å²) in [6.45, 7) is 6.95. The van der Waals surface area contributed by atoms with Crippen LogP contribution in [0.1, 0.15) is 43.7 Å². The Morgan fingerprint density at radius 2 is 2.08 bits per heavy atom. The Balaban J connectivity index is 1.74. The number of nitrogens with zero attached hydrogens (tertiary/aromatic N) is 5. The summed E-state index contributed by atoms with van der Waals surface area (Å²) in [6, 6.07) is 6.10. The van der Waals surface area contributed by atoms with Crippen molar-refractivity contribution < 1.29 is 4.79 Å². The summed E-state index contributed by atoms with van der Waals surface area (Å²) >= 11 is 1.40. The number of thioether (sulfide) groups is 1. The minimum Gasteiger partial charge on any atom is -0.316 e. The number of hydrogen-bond donors (Lipinski definition) is 0. The first-order chi connectivity index (χ1) is 12.6.